The van der Waals surface area contributed by atoms with Crippen LogP contribution in [0.2, 0.25) is 0 Å². The highest BCUT2D eigenvalue weighted by Crippen LogP contribution is 2.33. The van der Waals surface area contributed by atoms with E-state index in [4.69, 9.17) is 9.84 Å². The van der Waals surface area contributed by atoms with E-state index in [0.29, 0.717) is 6.04 Å². The average molecular weight is 394 g/mol. The lowest BCUT2D eigenvalue weighted by Crippen LogP contribution is -2.28. The Balaban J connectivity index is 1.42. The van der Waals surface area contributed by atoms with Crippen molar-refractivity contribution in [2.24, 2.45) is 0 Å². The van der Waals surface area contributed by atoms with Crippen LogP contribution in [0.5, 0.6) is 5.75 Å². The van der Waals surface area contributed by atoms with E-state index in [-0.39, 0.29) is 24.8 Å². The Hall–Kier alpha value is -3.22. The second kappa shape index (κ2) is 8.86. The summed E-state index contributed by atoms with van der Waals surface area (Å²) in [6, 6.07) is 12.3. The Labute approximate surface area is 168 Å². The Bertz CT molecular complexity index is 968. The number of aromatic nitrogens is 3. The zero-order valence-electron chi connectivity index (χ0n) is 16.1. The first-order valence-corrected chi connectivity index (χ1v) is 9.83. The Kier molecular flexibility index (Phi) is 5.84. The SMILES string of the molecule is O=C(COc1ccccc1F)NCc1cc(-c2ccncc2)n(C2CCCC2)n1. The monoisotopic (exact) mass is 394 g/mol. The van der Waals surface area contributed by atoms with Crippen LogP contribution in [0.1, 0.15) is 37.4 Å². The van der Waals surface area contributed by atoms with Gasteiger partial charge in [-0.15, -0.1) is 0 Å². The summed E-state index contributed by atoms with van der Waals surface area (Å²) in [6.45, 7) is 0.0404. The number of rotatable bonds is 7. The molecule has 0 saturated heterocycles. The van der Waals surface area contributed by atoms with Crippen molar-refractivity contribution in [1.82, 2.24) is 20.1 Å². The van der Waals surface area contributed by atoms with Crippen LogP contribution in [0.15, 0.2) is 54.9 Å². The third-order valence-corrected chi connectivity index (χ3v) is 5.10. The molecule has 2 aromatic heterocycles. The molecule has 0 unspecified atom stereocenters. The first-order chi connectivity index (χ1) is 14.2. The van der Waals surface area contributed by atoms with E-state index in [0.717, 1.165) is 29.8 Å². The van der Waals surface area contributed by atoms with Gasteiger partial charge >= 0.3 is 0 Å². The van der Waals surface area contributed by atoms with Gasteiger partial charge in [0.25, 0.3) is 5.91 Å². The number of hydrogen-bond acceptors (Lipinski definition) is 4. The fraction of sp³-hybridized carbons (Fsp3) is 0.318. The van der Waals surface area contributed by atoms with Gasteiger partial charge in [0.2, 0.25) is 0 Å². The number of nitrogens with zero attached hydrogens (tertiary/aromatic N) is 3. The summed E-state index contributed by atoms with van der Waals surface area (Å²) in [4.78, 5) is 16.2. The van der Waals surface area contributed by atoms with Crippen LogP contribution in [0.25, 0.3) is 11.3 Å². The average Bonchev–Trinajstić information content (AvgIpc) is 3.42. The van der Waals surface area contributed by atoms with Crippen molar-refractivity contribution >= 4 is 5.91 Å². The minimum atomic E-state index is -0.488. The molecule has 0 atom stereocenters. The number of ether oxygens (including phenoxy) is 1. The summed E-state index contributed by atoms with van der Waals surface area (Å²) >= 11 is 0. The van der Waals surface area contributed by atoms with Crippen LogP contribution in [0, 0.1) is 5.82 Å². The number of amides is 1. The Morgan fingerprint density at radius 3 is 2.69 bits per heavy atom. The van der Waals surface area contributed by atoms with E-state index in [1.165, 1.54) is 25.0 Å². The molecule has 1 aromatic carbocycles. The lowest BCUT2D eigenvalue weighted by Gasteiger charge is -2.14. The number of nitrogens with one attached hydrogen (secondary N) is 1. The van der Waals surface area contributed by atoms with Crippen molar-refractivity contribution in [3.05, 3.63) is 66.4 Å². The van der Waals surface area contributed by atoms with Gasteiger partial charge in [-0.2, -0.15) is 5.10 Å². The van der Waals surface area contributed by atoms with Gasteiger partial charge in [0.15, 0.2) is 18.2 Å². The highest BCUT2D eigenvalue weighted by molar-refractivity contribution is 5.77. The molecule has 0 radical (unpaired) electrons. The third-order valence-electron chi connectivity index (χ3n) is 5.10. The summed E-state index contributed by atoms with van der Waals surface area (Å²) in [5.74, 6) is -0.750. The zero-order chi connectivity index (χ0) is 20.1. The topological polar surface area (TPSA) is 69.0 Å². The van der Waals surface area contributed by atoms with Gasteiger partial charge in [0.05, 0.1) is 24.0 Å². The molecule has 6 nitrogen and oxygen atoms in total. The van der Waals surface area contributed by atoms with Crippen molar-refractivity contribution in [3.63, 3.8) is 0 Å². The number of carbonyl (C=O) groups is 1. The van der Waals surface area contributed by atoms with E-state index in [9.17, 15) is 9.18 Å². The molecule has 4 rings (SSSR count). The number of para-hydroxylation sites is 1. The minimum Gasteiger partial charge on any atom is -0.481 e. The molecule has 2 heterocycles. The third kappa shape index (κ3) is 4.62. The maximum Gasteiger partial charge on any atom is 0.258 e. The van der Waals surface area contributed by atoms with Crippen LogP contribution in [-0.2, 0) is 11.3 Å². The van der Waals surface area contributed by atoms with E-state index < -0.39 is 5.82 Å². The van der Waals surface area contributed by atoms with Gasteiger partial charge in [-0.05, 0) is 43.2 Å². The van der Waals surface area contributed by atoms with Crippen LogP contribution >= 0.6 is 0 Å². The molecule has 150 valence electrons. The van der Waals surface area contributed by atoms with Crippen LogP contribution in [-0.4, -0.2) is 27.3 Å². The van der Waals surface area contributed by atoms with Gasteiger partial charge in [-0.25, -0.2) is 4.39 Å². The van der Waals surface area contributed by atoms with Gasteiger partial charge in [-0.1, -0.05) is 25.0 Å². The Morgan fingerprint density at radius 2 is 1.93 bits per heavy atom. The molecule has 1 amide bonds. The van der Waals surface area contributed by atoms with Gasteiger partial charge in [0, 0.05) is 18.0 Å². The molecule has 0 aliphatic heterocycles. The lowest BCUT2D eigenvalue weighted by atomic mass is 10.1. The standard InChI is InChI=1S/C22H23FN4O2/c23-19-7-3-4-8-21(19)29-15-22(28)25-14-17-13-20(16-9-11-24-12-10-16)27(26-17)18-5-1-2-6-18/h3-4,7-13,18H,1-2,5-6,14-15H2,(H,25,28). The molecule has 3 aromatic rings. The fourth-order valence-corrected chi connectivity index (χ4v) is 3.64. The van der Waals surface area contributed by atoms with Crippen molar-refractivity contribution in [3.8, 4) is 17.0 Å². The quantitative estimate of drug-likeness (QED) is 0.660. The number of carbonyl (C=O) groups excluding carboxylic acids is 1. The second-order valence-electron chi connectivity index (χ2n) is 7.14. The van der Waals surface area contributed by atoms with Crippen molar-refractivity contribution in [2.75, 3.05) is 6.61 Å². The number of pyridine rings is 1. The molecule has 7 heteroatoms. The largest absolute Gasteiger partial charge is 0.481 e. The first-order valence-electron chi connectivity index (χ1n) is 9.83. The maximum atomic E-state index is 13.6. The smallest absolute Gasteiger partial charge is 0.258 e. The van der Waals surface area contributed by atoms with Gasteiger partial charge in [-0.3, -0.25) is 14.5 Å². The number of benzene rings is 1. The van der Waals surface area contributed by atoms with Crippen molar-refractivity contribution < 1.29 is 13.9 Å². The highest BCUT2D eigenvalue weighted by Gasteiger charge is 2.22. The summed E-state index contributed by atoms with van der Waals surface area (Å²) in [5, 5.41) is 7.55. The van der Waals surface area contributed by atoms with Crippen LogP contribution < -0.4 is 10.1 Å². The molecular weight excluding hydrogens is 371 g/mol. The molecule has 1 saturated carbocycles. The summed E-state index contributed by atoms with van der Waals surface area (Å²) in [6.07, 6.45) is 8.18. The zero-order valence-corrected chi connectivity index (χ0v) is 16.1. The van der Waals surface area contributed by atoms with E-state index >= 15 is 0 Å². The van der Waals surface area contributed by atoms with E-state index in [1.807, 2.05) is 18.2 Å². The first kappa shape index (κ1) is 19.1. The van der Waals surface area contributed by atoms with Gasteiger partial charge in [0.1, 0.15) is 0 Å². The molecule has 0 spiro atoms. The molecule has 1 N–H and O–H groups in total. The highest BCUT2D eigenvalue weighted by atomic mass is 19.1. The normalized spacial score (nSPS) is 14.1. The summed E-state index contributed by atoms with van der Waals surface area (Å²) in [7, 11) is 0. The predicted molar refractivity (Wildman–Crippen MR) is 107 cm³/mol. The lowest BCUT2D eigenvalue weighted by molar-refractivity contribution is -0.123. The number of halogens is 1. The minimum absolute atomic E-state index is 0.0631. The molecule has 1 aliphatic rings. The number of hydrogen-bond donors (Lipinski definition) is 1. The van der Waals surface area contributed by atoms with Crippen LogP contribution in [0.3, 0.4) is 0 Å². The molecular formula is C22H23FN4O2. The molecule has 0 bridgehead atoms. The maximum absolute atomic E-state index is 13.6. The molecule has 1 aliphatic carbocycles. The predicted octanol–water partition coefficient (Wildman–Crippen LogP) is 3.89. The fourth-order valence-electron chi connectivity index (χ4n) is 3.64. The molecule has 1 fully saturated rings. The van der Waals surface area contributed by atoms with E-state index in [2.05, 4.69) is 15.0 Å². The van der Waals surface area contributed by atoms with E-state index in [1.54, 1.807) is 24.5 Å². The van der Waals surface area contributed by atoms with Gasteiger partial charge < -0.3 is 10.1 Å². The molecule has 29 heavy (non-hydrogen) atoms. The van der Waals surface area contributed by atoms with Crippen molar-refractivity contribution in [2.45, 2.75) is 38.3 Å². The van der Waals surface area contributed by atoms with Crippen molar-refractivity contribution in [1.29, 1.82) is 0 Å². The second-order valence-corrected chi connectivity index (χ2v) is 7.14. The Morgan fingerprint density at radius 1 is 1.17 bits per heavy atom. The van der Waals surface area contributed by atoms with Crippen LogP contribution in [0.4, 0.5) is 4.39 Å². The summed E-state index contributed by atoms with van der Waals surface area (Å²) in [5.41, 5.74) is 2.87. The summed E-state index contributed by atoms with van der Waals surface area (Å²) < 4.78 is 20.9.